The van der Waals surface area contributed by atoms with Gasteiger partial charge in [-0.15, -0.1) is 0 Å². The zero-order valence-electron chi connectivity index (χ0n) is 11.9. The summed E-state index contributed by atoms with van der Waals surface area (Å²) in [6.07, 6.45) is 0.986. The molecule has 0 spiro atoms. The molecule has 1 aromatic carbocycles. The molecule has 5 heteroatoms. The first-order chi connectivity index (χ1) is 9.56. The topological polar surface area (TPSA) is 23.6 Å². The van der Waals surface area contributed by atoms with Crippen molar-refractivity contribution in [3.8, 4) is 0 Å². The van der Waals surface area contributed by atoms with E-state index in [-0.39, 0.29) is 11.7 Å². The van der Waals surface area contributed by atoms with E-state index < -0.39 is 0 Å². The highest BCUT2D eigenvalue weighted by Gasteiger charge is 2.30. The van der Waals surface area contributed by atoms with Crippen molar-refractivity contribution in [2.24, 2.45) is 0 Å². The second kappa shape index (κ2) is 6.68. The summed E-state index contributed by atoms with van der Waals surface area (Å²) in [4.78, 5) is 16.7. The molecule has 1 unspecified atom stereocenters. The molecule has 110 valence electrons. The monoisotopic (exact) mass is 342 g/mol. The lowest BCUT2D eigenvalue weighted by Gasteiger charge is -2.26. The van der Waals surface area contributed by atoms with Crippen molar-refractivity contribution in [3.05, 3.63) is 34.1 Å². The molecule has 1 amide bonds. The Bertz CT molecular complexity index is 491. The van der Waals surface area contributed by atoms with E-state index in [0.717, 1.165) is 32.6 Å². The maximum Gasteiger partial charge on any atom is 0.255 e. The lowest BCUT2D eigenvalue weighted by Crippen LogP contribution is -2.38. The molecule has 0 radical (unpaired) electrons. The fraction of sp³-hybridized carbons (Fsp3) is 0.533. The molecule has 0 saturated carbocycles. The quantitative estimate of drug-likeness (QED) is 0.839. The van der Waals surface area contributed by atoms with E-state index in [2.05, 4.69) is 34.7 Å². The van der Waals surface area contributed by atoms with E-state index >= 15 is 0 Å². The van der Waals surface area contributed by atoms with Gasteiger partial charge in [0.1, 0.15) is 5.82 Å². The Kier molecular flexibility index (Phi) is 5.16. The minimum Gasteiger partial charge on any atom is -0.337 e. The number of benzene rings is 1. The van der Waals surface area contributed by atoms with Crippen LogP contribution in [0, 0.1) is 5.82 Å². The number of halogens is 2. The molecule has 0 aromatic heterocycles. The minimum atomic E-state index is -0.379. The number of likely N-dealkylation sites (N-methyl/N-ethyl adjacent to an activating group) is 1. The van der Waals surface area contributed by atoms with Gasteiger partial charge in [-0.1, -0.05) is 13.8 Å². The summed E-state index contributed by atoms with van der Waals surface area (Å²) in [6, 6.07) is 4.66. The highest BCUT2D eigenvalue weighted by atomic mass is 79.9. The van der Waals surface area contributed by atoms with Gasteiger partial charge >= 0.3 is 0 Å². The maximum atomic E-state index is 13.3. The van der Waals surface area contributed by atoms with Crippen LogP contribution < -0.4 is 0 Å². The molecular formula is C15H20BrFN2O. The number of rotatable bonds is 4. The van der Waals surface area contributed by atoms with Crippen LogP contribution in [0.1, 0.15) is 30.6 Å². The zero-order valence-corrected chi connectivity index (χ0v) is 13.5. The summed E-state index contributed by atoms with van der Waals surface area (Å²) in [6.45, 7) is 7.72. The molecule has 1 atom stereocenters. The molecule has 1 fully saturated rings. The third kappa shape index (κ3) is 3.20. The standard InChI is InChI=1S/C15H20BrFN2O/c1-3-18(4-2)12-7-8-19(10-12)15(20)13-9-11(17)5-6-14(13)16/h5-6,9,12H,3-4,7-8,10H2,1-2H3. The molecule has 20 heavy (non-hydrogen) atoms. The fourth-order valence-corrected chi connectivity index (χ4v) is 3.21. The predicted octanol–water partition coefficient (Wildman–Crippen LogP) is 3.14. The number of hydrogen-bond acceptors (Lipinski definition) is 2. The molecule has 1 heterocycles. The number of hydrogen-bond donors (Lipinski definition) is 0. The smallest absolute Gasteiger partial charge is 0.255 e. The van der Waals surface area contributed by atoms with E-state index in [1.165, 1.54) is 12.1 Å². The van der Waals surface area contributed by atoms with Crippen molar-refractivity contribution >= 4 is 21.8 Å². The Morgan fingerprint density at radius 2 is 2.15 bits per heavy atom. The van der Waals surface area contributed by atoms with Crippen molar-refractivity contribution in [2.45, 2.75) is 26.3 Å². The Balaban J connectivity index is 2.10. The number of nitrogens with zero attached hydrogens (tertiary/aromatic N) is 2. The van der Waals surface area contributed by atoms with Crippen LogP contribution in [0.25, 0.3) is 0 Å². The van der Waals surface area contributed by atoms with Crippen LogP contribution in [-0.2, 0) is 0 Å². The lowest BCUT2D eigenvalue weighted by atomic mass is 10.2. The Morgan fingerprint density at radius 3 is 2.80 bits per heavy atom. The van der Waals surface area contributed by atoms with Crippen molar-refractivity contribution in [1.82, 2.24) is 9.80 Å². The van der Waals surface area contributed by atoms with E-state index in [4.69, 9.17) is 0 Å². The normalized spacial score (nSPS) is 18.9. The highest BCUT2D eigenvalue weighted by molar-refractivity contribution is 9.10. The number of carbonyl (C=O) groups excluding carboxylic acids is 1. The minimum absolute atomic E-state index is 0.0916. The average molecular weight is 343 g/mol. The lowest BCUT2D eigenvalue weighted by molar-refractivity contribution is 0.0776. The molecule has 1 saturated heterocycles. The largest absolute Gasteiger partial charge is 0.337 e. The van der Waals surface area contributed by atoms with Crippen molar-refractivity contribution < 1.29 is 9.18 Å². The van der Waals surface area contributed by atoms with E-state index in [9.17, 15) is 9.18 Å². The second-order valence-corrected chi connectivity index (χ2v) is 5.89. The zero-order chi connectivity index (χ0) is 14.7. The Morgan fingerprint density at radius 1 is 1.45 bits per heavy atom. The van der Waals surface area contributed by atoms with Gasteiger partial charge in [0, 0.05) is 23.6 Å². The van der Waals surface area contributed by atoms with Crippen molar-refractivity contribution in [1.29, 1.82) is 0 Å². The highest BCUT2D eigenvalue weighted by Crippen LogP contribution is 2.23. The molecule has 2 rings (SSSR count). The van der Waals surface area contributed by atoms with Gasteiger partial charge in [-0.05, 0) is 53.6 Å². The summed E-state index contributed by atoms with van der Waals surface area (Å²) in [5.74, 6) is -0.470. The molecule has 1 aromatic rings. The Hall–Kier alpha value is -0.940. The Labute approximate surface area is 127 Å². The number of carbonyl (C=O) groups is 1. The van der Waals surface area contributed by atoms with Gasteiger partial charge in [-0.25, -0.2) is 4.39 Å². The van der Waals surface area contributed by atoms with Crippen LogP contribution in [0.2, 0.25) is 0 Å². The van der Waals surface area contributed by atoms with E-state index in [0.29, 0.717) is 16.1 Å². The molecule has 0 aliphatic carbocycles. The van der Waals surface area contributed by atoms with Gasteiger partial charge in [0.2, 0.25) is 0 Å². The van der Waals surface area contributed by atoms with Crippen LogP contribution in [0.5, 0.6) is 0 Å². The SMILES string of the molecule is CCN(CC)C1CCN(C(=O)c2cc(F)ccc2Br)C1. The van der Waals surface area contributed by atoms with Gasteiger partial charge in [0.15, 0.2) is 0 Å². The summed E-state index contributed by atoms with van der Waals surface area (Å²) in [5, 5.41) is 0. The summed E-state index contributed by atoms with van der Waals surface area (Å²) >= 11 is 3.32. The first-order valence-corrected chi connectivity index (χ1v) is 7.84. The third-order valence-corrected chi connectivity index (χ3v) is 4.63. The van der Waals surface area contributed by atoms with E-state index in [1.807, 2.05) is 4.90 Å². The van der Waals surface area contributed by atoms with Gasteiger partial charge in [-0.3, -0.25) is 9.69 Å². The second-order valence-electron chi connectivity index (χ2n) is 5.04. The molecule has 1 aliphatic rings. The van der Waals surface area contributed by atoms with Crippen molar-refractivity contribution in [2.75, 3.05) is 26.2 Å². The van der Waals surface area contributed by atoms with Gasteiger partial charge in [0.25, 0.3) is 5.91 Å². The molecule has 1 aliphatic heterocycles. The fourth-order valence-electron chi connectivity index (χ4n) is 2.80. The van der Waals surface area contributed by atoms with Crippen LogP contribution in [0.4, 0.5) is 4.39 Å². The summed E-state index contributed by atoms with van der Waals surface area (Å²) in [7, 11) is 0. The number of amides is 1. The van der Waals surface area contributed by atoms with Crippen LogP contribution in [0.15, 0.2) is 22.7 Å². The molecule has 0 N–H and O–H groups in total. The van der Waals surface area contributed by atoms with Gasteiger partial charge < -0.3 is 4.90 Å². The predicted molar refractivity (Wildman–Crippen MR) is 81.3 cm³/mol. The first kappa shape index (κ1) is 15.4. The molecule has 0 bridgehead atoms. The summed E-state index contributed by atoms with van der Waals surface area (Å²) < 4.78 is 14.0. The third-order valence-electron chi connectivity index (χ3n) is 3.94. The number of likely N-dealkylation sites (tertiary alicyclic amines) is 1. The average Bonchev–Trinajstić information content (AvgIpc) is 2.92. The van der Waals surface area contributed by atoms with Gasteiger partial charge in [-0.2, -0.15) is 0 Å². The van der Waals surface area contributed by atoms with E-state index in [1.54, 1.807) is 6.07 Å². The maximum absolute atomic E-state index is 13.3. The van der Waals surface area contributed by atoms with Crippen LogP contribution in [0.3, 0.4) is 0 Å². The summed E-state index contributed by atoms with van der Waals surface area (Å²) in [5.41, 5.74) is 0.408. The molecule has 3 nitrogen and oxygen atoms in total. The first-order valence-electron chi connectivity index (χ1n) is 7.05. The molecular weight excluding hydrogens is 323 g/mol. The van der Waals surface area contributed by atoms with Crippen molar-refractivity contribution in [3.63, 3.8) is 0 Å². The van der Waals surface area contributed by atoms with Crippen LogP contribution >= 0.6 is 15.9 Å². The van der Waals surface area contributed by atoms with Gasteiger partial charge in [0.05, 0.1) is 5.56 Å². The van der Waals surface area contributed by atoms with Crippen LogP contribution in [-0.4, -0.2) is 47.9 Å².